The SMILES string of the molecule is O=C(NCCCN1CCCCCC1)c1cccnc1N1CCCC1. The predicted octanol–water partition coefficient (Wildman–Crippen LogP) is 2.68. The number of rotatable bonds is 6. The third-order valence-corrected chi connectivity index (χ3v) is 5.07. The fourth-order valence-electron chi connectivity index (χ4n) is 3.71. The Morgan fingerprint density at radius 1 is 1.04 bits per heavy atom. The molecule has 132 valence electrons. The first-order chi connectivity index (χ1) is 11.8. The summed E-state index contributed by atoms with van der Waals surface area (Å²) in [5.74, 6) is 0.862. The van der Waals surface area contributed by atoms with E-state index in [9.17, 15) is 4.79 Å². The molecule has 1 aromatic heterocycles. The van der Waals surface area contributed by atoms with Crippen LogP contribution in [-0.2, 0) is 0 Å². The Morgan fingerprint density at radius 2 is 1.75 bits per heavy atom. The summed E-state index contributed by atoms with van der Waals surface area (Å²) < 4.78 is 0. The number of hydrogen-bond acceptors (Lipinski definition) is 4. The van der Waals surface area contributed by atoms with Crippen molar-refractivity contribution in [2.75, 3.05) is 44.2 Å². The molecule has 5 nitrogen and oxygen atoms in total. The Hall–Kier alpha value is -1.62. The number of carbonyl (C=O) groups excluding carboxylic acids is 1. The van der Waals surface area contributed by atoms with E-state index in [2.05, 4.69) is 20.1 Å². The van der Waals surface area contributed by atoms with Crippen LogP contribution >= 0.6 is 0 Å². The Labute approximate surface area is 145 Å². The minimum Gasteiger partial charge on any atom is -0.356 e. The van der Waals surface area contributed by atoms with Crippen LogP contribution < -0.4 is 10.2 Å². The molecule has 1 amide bonds. The monoisotopic (exact) mass is 330 g/mol. The standard InChI is InChI=1S/C19H30N4O/c24-19(21-11-8-14-22-12-3-1-2-4-13-22)17-9-7-10-20-18(17)23-15-5-6-16-23/h7,9-10H,1-6,8,11-16H2,(H,21,24). The van der Waals surface area contributed by atoms with Crippen LogP contribution in [0.5, 0.6) is 0 Å². The van der Waals surface area contributed by atoms with E-state index >= 15 is 0 Å². The third-order valence-electron chi connectivity index (χ3n) is 5.07. The third kappa shape index (κ3) is 4.69. The van der Waals surface area contributed by atoms with Crippen molar-refractivity contribution in [2.24, 2.45) is 0 Å². The van der Waals surface area contributed by atoms with Crippen LogP contribution in [0.25, 0.3) is 0 Å². The van der Waals surface area contributed by atoms with E-state index < -0.39 is 0 Å². The van der Waals surface area contributed by atoms with Gasteiger partial charge >= 0.3 is 0 Å². The number of pyridine rings is 1. The number of hydrogen-bond donors (Lipinski definition) is 1. The molecule has 2 saturated heterocycles. The molecule has 5 heteroatoms. The van der Waals surface area contributed by atoms with Gasteiger partial charge in [-0.05, 0) is 63.9 Å². The second-order valence-electron chi connectivity index (χ2n) is 6.93. The van der Waals surface area contributed by atoms with E-state index in [1.807, 2.05) is 12.1 Å². The Kier molecular flexibility index (Phi) is 6.47. The van der Waals surface area contributed by atoms with Crippen molar-refractivity contribution in [3.8, 4) is 0 Å². The molecule has 2 aliphatic rings. The van der Waals surface area contributed by atoms with Gasteiger partial charge in [0.2, 0.25) is 0 Å². The lowest BCUT2D eigenvalue weighted by Crippen LogP contribution is -2.32. The van der Waals surface area contributed by atoms with Gasteiger partial charge in [-0.3, -0.25) is 4.79 Å². The van der Waals surface area contributed by atoms with Crippen LogP contribution in [0.2, 0.25) is 0 Å². The molecule has 0 bridgehead atoms. The van der Waals surface area contributed by atoms with Gasteiger partial charge in [0.25, 0.3) is 5.91 Å². The predicted molar refractivity (Wildman–Crippen MR) is 97.5 cm³/mol. The summed E-state index contributed by atoms with van der Waals surface area (Å²) in [6.07, 6.45) is 10.6. The van der Waals surface area contributed by atoms with Crippen LogP contribution in [-0.4, -0.2) is 55.1 Å². The molecule has 1 aromatic rings. The average Bonchev–Trinajstić information content (AvgIpc) is 3.03. The van der Waals surface area contributed by atoms with Gasteiger partial charge in [0.1, 0.15) is 5.82 Å². The van der Waals surface area contributed by atoms with E-state index in [4.69, 9.17) is 0 Å². The average molecular weight is 330 g/mol. The van der Waals surface area contributed by atoms with Gasteiger partial charge in [0.05, 0.1) is 5.56 Å². The summed E-state index contributed by atoms with van der Waals surface area (Å²) in [7, 11) is 0. The maximum absolute atomic E-state index is 12.5. The Balaban J connectivity index is 1.46. The van der Waals surface area contributed by atoms with E-state index in [0.717, 1.165) is 38.4 Å². The molecule has 0 unspecified atom stereocenters. The summed E-state index contributed by atoms with van der Waals surface area (Å²) >= 11 is 0. The number of likely N-dealkylation sites (tertiary alicyclic amines) is 1. The smallest absolute Gasteiger partial charge is 0.255 e. The van der Waals surface area contributed by atoms with Crippen molar-refractivity contribution in [2.45, 2.75) is 44.9 Å². The lowest BCUT2D eigenvalue weighted by atomic mass is 10.2. The Bertz CT molecular complexity index is 520. The van der Waals surface area contributed by atoms with Crippen molar-refractivity contribution in [3.63, 3.8) is 0 Å². The molecule has 0 atom stereocenters. The summed E-state index contributed by atoms with van der Waals surface area (Å²) in [6.45, 7) is 6.28. The quantitative estimate of drug-likeness (QED) is 0.815. The van der Waals surface area contributed by atoms with Gasteiger partial charge in [-0.1, -0.05) is 12.8 Å². The minimum atomic E-state index is 0.0147. The van der Waals surface area contributed by atoms with Gasteiger partial charge < -0.3 is 15.1 Å². The molecule has 0 aromatic carbocycles. The molecule has 3 rings (SSSR count). The maximum atomic E-state index is 12.5. The van der Waals surface area contributed by atoms with Gasteiger partial charge in [0.15, 0.2) is 0 Å². The molecular formula is C19H30N4O. The van der Waals surface area contributed by atoms with Gasteiger partial charge in [-0.25, -0.2) is 4.98 Å². The number of nitrogens with zero attached hydrogens (tertiary/aromatic N) is 3. The van der Waals surface area contributed by atoms with Gasteiger partial charge in [0, 0.05) is 25.8 Å². The van der Waals surface area contributed by atoms with E-state index in [1.165, 1.54) is 51.6 Å². The first kappa shape index (κ1) is 17.2. The van der Waals surface area contributed by atoms with Gasteiger partial charge in [-0.15, -0.1) is 0 Å². The summed E-state index contributed by atoms with van der Waals surface area (Å²) in [6, 6.07) is 3.75. The minimum absolute atomic E-state index is 0.0147. The van der Waals surface area contributed by atoms with Crippen molar-refractivity contribution < 1.29 is 4.79 Å². The summed E-state index contributed by atoms with van der Waals surface area (Å²) in [4.78, 5) is 21.8. The molecule has 0 saturated carbocycles. The highest BCUT2D eigenvalue weighted by Gasteiger charge is 2.20. The first-order valence-corrected chi connectivity index (χ1v) is 9.55. The number of nitrogens with one attached hydrogen (secondary N) is 1. The zero-order valence-corrected chi connectivity index (χ0v) is 14.7. The van der Waals surface area contributed by atoms with Crippen LogP contribution in [0.15, 0.2) is 18.3 Å². The maximum Gasteiger partial charge on any atom is 0.255 e. The van der Waals surface area contributed by atoms with E-state index in [-0.39, 0.29) is 5.91 Å². The second-order valence-corrected chi connectivity index (χ2v) is 6.93. The molecule has 3 heterocycles. The van der Waals surface area contributed by atoms with Gasteiger partial charge in [-0.2, -0.15) is 0 Å². The largest absolute Gasteiger partial charge is 0.356 e. The van der Waals surface area contributed by atoms with Crippen molar-refractivity contribution in [1.29, 1.82) is 0 Å². The van der Waals surface area contributed by atoms with Crippen LogP contribution in [0.1, 0.15) is 55.3 Å². The molecule has 24 heavy (non-hydrogen) atoms. The molecular weight excluding hydrogens is 300 g/mol. The van der Waals surface area contributed by atoms with Crippen molar-refractivity contribution >= 4 is 11.7 Å². The van der Waals surface area contributed by atoms with Crippen LogP contribution in [0.4, 0.5) is 5.82 Å². The highest BCUT2D eigenvalue weighted by molar-refractivity contribution is 5.98. The highest BCUT2D eigenvalue weighted by Crippen LogP contribution is 2.21. The molecule has 1 N–H and O–H groups in total. The fourth-order valence-corrected chi connectivity index (χ4v) is 3.71. The molecule has 0 spiro atoms. The fraction of sp³-hybridized carbons (Fsp3) is 0.684. The van der Waals surface area contributed by atoms with Crippen LogP contribution in [0, 0.1) is 0 Å². The van der Waals surface area contributed by atoms with E-state index in [0.29, 0.717) is 5.56 Å². The first-order valence-electron chi connectivity index (χ1n) is 9.55. The van der Waals surface area contributed by atoms with E-state index in [1.54, 1.807) is 6.20 Å². The van der Waals surface area contributed by atoms with Crippen molar-refractivity contribution in [1.82, 2.24) is 15.2 Å². The number of amides is 1. The molecule has 2 aliphatic heterocycles. The second kappa shape index (κ2) is 9.02. The zero-order chi connectivity index (χ0) is 16.6. The number of anilines is 1. The molecule has 0 aliphatic carbocycles. The topological polar surface area (TPSA) is 48.5 Å². The highest BCUT2D eigenvalue weighted by atomic mass is 16.1. The molecule has 2 fully saturated rings. The zero-order valence-electron chi connectivity index (χ0n) is 14.7. The lowest BCUT2D eigenvalue weighted by molar-refractivity contribution is 0.0952. The van der Waals surface area contributed by atoms with Crippen LogP contribution in [0.3, 0.4) is 0 Å². The summed E-state index contributed by atoms with van der Waals surface area (Å²) in [5, 5.41) is 3.09. The summed E-state index contributed by atoms with van der Waals surface area (Å²) in [5.41, 5.74) is 0.717. The lowest BCUT2D eigenvalue weighted by Gasteiger charge is -2.20. The Morgan fingerprint density at radius 3 is 2.50 bits per heavy atom. The number of carbonyl (C=O) groups is 1. The van der Waals surface area contributed by atoms with Crippen molar-refractivity contribution in [3.05, 3.63) is 23.9 Å². The molecule has 0 radical (unpaired) electrons. The normalized spacial score (nSPS) is 19.2. The number of aromatic nitrogens is 1.